The van der Waals surface area contributed by atoms with Crippen LogP contribution in [-0.4, -0.2) is 10.1 Å². The molecular weight excluding hydrogens is 174 g/mol. The van der Waals surface area contributed by atoms with E-state index in [1.807, 2.05) is 25.3 Å². The molecule has 2 nitrogen and oxygen atoms in total. The molecule has 0 spiro atoms. The van der Waals surface area contributed by atoms with E-state index in [1.54, 1.807) is 0 Å². The molecule has 1 aromatic heterocycles. The van der Waals surface area contributed by atoms with E-state index in [1.165, 1.54) is 6.42 Å². The van der Waals surface area contributed by atoms with Crippen molar-refractivity contribution in [2.75, 3.05) is 0 Å². The SMILES string of the molecule is Cc1ccc(C2(O)CCCCC2)nc1. The molecule has 1 fully saturated rings. The van der Waals surface area contributed by atoms with Crippen molar-refractivity contribution in [3.8, 4) is 0 Å². The highest BCUT2D eigenvalue weighted by Gasteiger charge is 2.32. The van der Waals surface area contributed by atoms with E-state index in [2.05, 4.69) is 4.98 Å². The summed E-state index contributed by atoms with van der Waals surface area (Å²) >= 11 is 0. The second kappa shape index (κ2) is 3.70. The number of hydrogen-bond acceptors (Lipinski definition) is 2. The summed E-state index contributed by atoms with van der Waals surface area (Å²) in [5, 5.41) is 10.4. The molecule has 1 aromatic rings. The van der Waals surface area contributed by atoms with Crippen LogP contribution in [0.25, 0.3) is 0 Å². The van der Waals surface area contributed by atoms with Crippen LogP contribution in [0.15, 0.2) is 18.3 Å². The van der Waals surface area contributed by atoms with Gasteiger partial charge in [-0.25, -0.2) is 0 Å². The normalized spacial score (nSPS) is 20.7. The zero-order valence-electron chi connectivity index (χ0n) is 8.66. The molecule has 0 radical (unpaired) electrons. The lowest BCUT2D eigenvalue weighted by molar-refractivity contribution is -0.00464. The van der Waals surface area contributed by atoms with Gasteiger partial charge in [-0.1, -0.05) is 25.3 Å². The lowest BCUT2D eigenvalue weighted by Gasteiger charge is -2.31. The van der Waals surface area contributed by atoms with Gasteiger partial charge in [-0.3, -0.25) is 4.98 Å². The first-order chi connectivity index (χ1) is 6.71. The van der Waals surface area contributed by atoms with Gasteiger partial charge in [-0.2, -0.15) is 0 Å². The predicted molar refractivity (Wildman–Crippen MR) is 56.0 cm³/mol. The fraction of sp³-hybridized carbons (Fsp3) is 0.583. The molecule has 1 aliphatic rings. The van der Waals surface area contributed by atoms with E-state index in [9.17, 15) is 5.11 Å². The quantitative estimate of drug-likeness (QED) is 0.740. The highest BCUT2D eigenvalue weighted by Crippen LogP contribution is 2.35. The smallest absolute Gasteiger partial charge is 0.106 e. The predicted octanol–water partition coefficient (Wildman–Crippen LogP) is 2.54. The van der Waals surface area contributed by atoms with Crippen molar-refractivity contribution in [3.63, 3.8) is 0 Å². The highest BCUT2D eigenvalue weighted by atomic mass is 16.3. The molecule has 14 heavy (non-hydrogen) atoms. The largest absolute Gasteiger partial charge is 0.384 e. The Hall–Kier alpha value is -0.890. The Labute approximate surface area is 85.0 Å². The van der Waals surface area contributed by atoms with Crippen molar-refractivity contribution in [1.82, 2.24) is 4.98 Å². The molecule has 0 aliphatic heterocycles. The molecule has 0 amide bonds. The molecule has 1 aliphatic carbocycles. The number of pyridine rings is 1. The number of aromatic nitrogens is 1. The van der Waals surface area contributed by atoms with E-state index in [4.69, 9.17) is 0 Å². The Bertz CT molecular complexity index is 299. The maximum Gasteiger partial charge on any atom is 0.106 e. The first-order valence-corrected chi connectivity index (χ1v) is 5.36. The summed E-state index contributed by atoms with van der Waals surface area (Å²) in [6.45, 7) is 2.02. The molecule has 0 atom stereocenters. The van der Waals surface area contributed by atoms with E-state index < -0.39 is 5.60 Å². The van der Waals surface area contributed by atoms with Crippen LogP contribution in [0.1, 0.15) is 43.4 Å². The fourth-order valence-corrected chi connectivity index (χ4v) is 2.14. The van der Waals surface area contributed by atoms with E-state index >= 15 is 0 Å². The second-order valence-corrected chi connectivity index (χ2v) is 4.31. The first-order valence-electron chi connectivity index (χ1n) is 5.36. The molecule has 0 bridgehead atoms. The molecule has 2 rings (SSSR count). The standard InChI is InChI=1S/C12H17NO/c1-10-5-6-11(13-9-10)12(14)7-3-2-4-8-12/h5-6,9,14H,2-4,7-8H2,1H3. The number of aryl methyl sites for hydroxylation is 1. The van der Waals surface area contributed by atoms with Gasteiger partial charge in [0.1, 0.15) is 5.60 Å². The second-order valence-electron chi connectivity index (χ2n) is 4.31. The maximum absolute atomic E-state index is 10.4. The molecule has 76 valence electrons. The van der Waals surface area contributed by atoms with Crippen LogP contribution in [0.4, 0.5) is 0 Å². The molecular formula is C12H17NO. The summed E-state index contributed by atoms with van der Waals surface area (Å²) in [6.07, 6.45) is 7.04. The molecule has 1 heterocycles. The average molecular weight is 191 g/mol. The van der Waals surface area contributed by atoms with Gasteiger partial charge in [0.15, 0.2) is 0 Å². The van der Waals surface area contributed by atoms with E-state index in [-0.39, 0.29) is 0 Å². The summed E-state index contributed by atoms with van der Waals surface area (Å²) in [6, 6.07) is 3.98. The van der Waals surface area contributed by atoms with Gasteiger partial charge in [-0.15, -0.1) is 0 Å². The monoisotopic (exact) mass is 191 g/mol. The third kappa shape index (κ3) is 1.80. The van der Waals surface area contributed by atoms with Crippen LogP contribution < -0.4 is 0 Å². The van der Waals surface area contributed by atoms with Gasteiger partial charge in [0.05, 0.1) is 5.69 Å². The minimum atomic E-state index is -0.647. The number of aliphatic hydroxyl groups is 1. The molecule has 0 unspecified atom stereocenters. The zero-order chi connectivity index (χ0) is 10.0. The summed E-state index contributed by atoms with van der Waals surface area (Å²) in [5.41, 5.74) is 1.35. The minimum absolute atomic E-state index is 0.647. The topological polar surface area (TPSA) is 33.1 Å². The Kier molecular flexibility index (Phi) is 2.55. The summed E-state index contributed by atoms with van der Waals surface area (Å²) in [7, 11) is 0. The Balaban J connectivity index is 2.23. The number of rotatable bonds is 1. The van der Waals surface area contributed by atoms with Gasteiger partial charge in [0, 0.05) is 6.20 Å². The fourth-order valence-electron chi connectivity index (χ4n) is 2.14. The van der Waals surface area contributed by atoms with Crippen molar-refractivity contribution in [3.05, 3.63) is 29.6 Å². The van der Waals surface area contributed by atoms with Crippen LogP contribution in [0.3, 0.4) is 0 Å². The summed E-state index contributed by atoms with van der Waals surface area (Å²) in [4.78, 5) is 4.32. The van der Waals surface area contributed by atoms with Crippen LogP contribution in [0, 0.1) is 6.92 Å². The van der Waals surface area contributed by atoms with Crippen molar-refractivity contribution < 1.29 is 5.11 Å². The van der Waals surface area contributed by atoms with Gasteiger partial charge in [0.2, 0.25) is 0 Å². The Morgan fingerprint density at radius 2 is 1.93 bits per heavy atom. The van der Waals surface area contributed by atoms with Crippen LogP contribution in [0.2, 0.25) is 0 Å². The number of nitrogens with zero attached hydrogens (tertiary/aromatic N) is 1. The van der Waals surface area contributed by atoms with Crippen molar-refractivity contribution in [2.45, 2.75) is 44.6 Å². The Morgan fingerprint density at radius 3 is 2.50 bits per heavy atom. The van der Waals surface area contributed by atoms with E-state index in [0.29, 0.717) is 0 Å². The summed E-state index contributed by atoms with van der Waals surface area (Å²) in [5.74, 6) is 0. The van der Waals surface area contributed by atoms with E-state index in [0.717, 1.165) is 36.9 Å². The van der Waals surface area contributed by atoms with Crippen LogP contribution in [0.5, 0.6) is 0 Å². The molecule has 0 aromatic carbocycles. The maximum atomic E-state index is 10.4. The van der Waals surface area contributed by atoms with Gasteiger partial charge in [0.25, 0.3) is 0 Å². The van der Waals surface area contributed by atoms with Crippen molar-refractivity contribution in [1.29, 1.82) is 0 Å². The van der Waals surface area contributed by atoms with Crippen LogP contribution >= 0.6 is 0 Å². The van der Waals surface area contributed by atoms with Gasteiger partial charge < -0.3 is 5.11 Å². The molecule has 2 heteroatoms. The van der Waals surface area contributed by atoms with Gasteiger partial charge in [-0.05, 0) is 31.4 Å². The first kappa shape index (κ1) is 9.66. The Morgan fingerprint density at radius 1 is 1.21 bits per heavy atom. The van der Waals surface area contributed by atoms with Crippen molar-refractivity contribution >= 4 is 0 Å². The highest BCUT2D eigenvalue weighted by molar-refractivity contribution is 5.18. The minimum Gasteiger partial charge on any atom is -0.384 e. The van der Waals surface area contributed by atoms with Crippen LogP contribution in [-0.2, 0) is 5.60 Å². The third-order valence-corrected chi connectivity index (χ3v) is 3.07. The summed E-state index contributed by atoms with van der Waals surface area (Å²) < 4.78 is 0. The molecule has 1 N–H and O–H groups in total. The average Bonchev–Trinajstić information content (AvgIpc) is 2.19. The molecule has 0 saturated heterocycles. The lowest BCUT2D eigenvalue weighted by atomic mass is 9.82. The zero-order valence-corrected chi connectivity index (χ0v) is 8.66. The van der Waals surface area contributed by atoms with Gasteiger partial charge >= 0.3 is 0 Å². The molecule has 1 saturated carbocycles. The lowest BCUT2D eigenvalue weighted by Crippen LogP contribution is -2.29. The number of hydrogen-bond donors (Lipinski definition) is 1. The van der Waals surface area contributed by atoms with Crippen molar-refractivity contribution in [2.24, 2.45) is 0 Å². The third-order valence-electron chi connectivity index (χ3n) is 3.07.